The molecule has 1 heterocycles. The average Bonchev–Trinajstić information content (AvgIpc) is 2.74. The monoisotopic (exact) mass is 183 g/mol. The van der Waals surface area contributed by atoms with Crippen molar-refractivity contribution in [1.29, 1.82) is 0 Å². The lowest BCUT2D eigenvalue weighted by Crippen LogP contribution is -2.39. The second-order valence-electron chi connectivity index (χ2n) is 3.89. The molecule has 13 heavy (non-hydrogen) atoms. The fourth-order valence-corrected chi connectivity index (χ4v) is 1.87. The number of carboxylic acids is 1. The van der Waals surface area contributed by atoms with Crippen LogP contribution in [0.5, 0.6) is 0 Å². The molecule has 1 saturated heterocycles. The molecule has 0 aromatic carbocycles. The van der Waals surface area contributed by atoms with Crippen LogP contribution < -0.4 is 0 Å². The van der Waals surface area contributed by atoms with Crippen LogP contribution >= 0.6 is 0 Å². The molecule has 0 radical (unpaired) electrons. The molecule has 2 aliphatic rings. The van der Waals surface area contributed by atoms with Crippen molar-refractivity contribution in [3.63, 3.8) is 0 Å². The lowest BCUT2D eigenvalue weighted by atomic mass is 10.1. The Bertz CT molecular complexity index is 252. The minimum Gasteiger partial charge on any atom is -0.480 e. The Morgan fingerprint density at radius 3 is 2.08 bits per heavy atom. The molecule has 4 nitrogen and oxygen atoms in total. The van der Waals surface area contributed by atoms with E-state index in [1.165, 1.54) is 0 Å². The number of carbonyl (C=O) groups is 2. The molecule has 0 spiro atoms. The van der Waals surface area contributed by atoms with Gasteiger partial charge in [-0.25, -0.2) is 0 Å². The molecule has 0 unspecified atom stereocenters. The van der Waals surface area contributed by atoms with E-state index in [0.717, 1.165) is 25.9 Å². The van der Waals surface area contributed by atoms with Crippen LogP contribution in [0.25, 0.3) is 0 Å². The highest BCUT2D eigenvalue weighted by Crippen LogP contribution is 2.47. The van der Waals surface area contributed by atoms with Crippen molar-refractivity contribution in [2.75, 3.05) is 13.1 Å². The van der Waals surface area contributed by atoms with Gasteiger partial charge in [-0.15, -0.1) is 0 Å². The number of nitrogens with zero attached hydrogens (tertiary/aromatic N) is 1. The van der Waals surface area contributed by atoms with Crippen LogP contribution in [0.4, 0.5) is 0 Å². The lowest BCUT2D eigenvalue weighted by Gasteiger charge is -2.19. The van der Waals surface area contributed by atoms with E-state index in [0.29, 0.717) is 12.8 Å². The Labute approximate surface area is 76.5 Å². The zero-order valence-corrected chi connectivity index (χ0v) is 7.45. The number of hydrogen-bond acceptors (Lipinski definition) is 2. The Hall–Kier alpha value is -1.06. The minimum atomic E-state index is -1.02. The Kier molecular flexibility index (Phi) is 1.78. The average molecular weight is 183 g/mol. The SMILES string of the molecule is O=C(O)C1(C(=O)N2CCCC2)CC1. The number of carbonyl (C=O) groups excluding carboxylic acids is 1. The van der Waals surface area contributed by atoms with Crippen LogP contribution in [0.2, 0.25) is 0 Å². The number of amides is 1. The summed E-state index contributed by atoms with van der Waals surface area (Å²) in [7, 11) is 0. The second-order valence-corrected chi connectivity index (χ2v) is 3.89. The maximum atomic E-state index is 11.7. The molecule has 1 aliphatic carbocycles. The standard InChI is InChI=1S/C9H13NO3/c11-7(10-5-1-2-6-10)9(3-4-9)8(12)13/h1-6H2,(H,12,13). The quantitative estimate of drug-likeness (QED) is 0.633. The predicted octanol–water partition coefficient (Wildman–Crippen LogP) is 0.474. The Morgan fingerprint density at radius 1 is 1.15 bits per heavy atom. The summed E-state index contributed by atoms with van der Waals surface area (Å²) in [6.07, 6.45) is 3.08. The number of rotatable bonds is 2. The van der Waals surface area contributed by atoms with Crippen LogP contribution in [0, 0.1) is 5.41 Å². The van der Waals surface area contributed by atoms with Crippen molar-refractivity contribution >= 4 is 11.9 Å². The highest BCUT2D eigenvalue weighted by Gasteiger charge is 2.58. The molecule has 0 aromatic heterocycles. The molecule has 1 aliphatic heterocycles. The molecule has 1 amide bonds. The smallest absolute Gasteiger partial charge is 0.319 e. The van der Waals surface area contributed by atoms with Gasteiger partial charge < -0.3 is 10.0 Å². The number of aliphatic carboxylic acids is 1. The van der Waals surface area contributed by atoms with E-state index >= 15 is 0 Å². The third kappa shape index (κ3) is 1.20. The van der Waals surface area contributed by atoms with E-state index in [1.54, 1.807) is 4.90 Å². The zero-order chi connectivity index (χ0) is 9.47. The van der Waals surface area contributed by atoms with E-state index < -0.39 is 11.4 Å². The van der Waals surface area contributed by atoms with Crippen molar-refractivity contribution < 1.29 is 14.7 Å². The van der Waals surface area contributed by atoms with Gasteiger partial charge in [0.15, 0.2) is 0 Å². The Balaban J connectivity index is 2.08. The summed E-state index contributed by atoms with van der Waals surface area (Å²) in [4.78, 5) is 24.2. The third-order valence-electron chi connectivity index (χ3n) is 2.96. The third-order valence-corrected chi connectivity index (χ3v) is 2.96. The molecular weight excluding hydrogens is 170 g/mol. The van der Waals surface area contributed by atoms with Gasteiger partial charge in [0, 0.05) is 13.1 Å². The second kappa shape index (κ2) is 2.72. The van der Waals surface area contributed by atoms with E-state index in [4.69, 9.17) is 5.11 Å². The normalized spacial score (nSPS) is 24.5. The van der Waals surface area contributed by atoms with Gasteiger partial charge in [0.1, 0.15) is 5.41 Å². The summed E-state index contributed by atoms with van der Waals surface area (Å²) in [5.74, 6) is -1.10. The zero-order valence-electron chi connectivity index (χ0n) is 7.45. The summed E-state index contributed by atoms with van der Waals surface area (Å²) >= 11 is 0. The largest absolute Gasteiger partial charge is 0.480 e. The summed E-state index contributed by atoms with van der Waals surface area (Å²) < 4.78 is 0. The number of likely N-dealkylation sites (tertiary alicyclic amines) is 1. The first-order valence-electron chi connectivity index (χ1n) is 4.70. The maximum absolute atomic E-state index is 11.7. The van der Waals surface area contributed by atoms with Crippen LogP contribution in [-0.2, 0) is 9.59 Å². The van der Waals surface area contributed by atoms with Crippen LogP contribution in [0.1, 0.15) is 25.7 Å². The van der Waals surface area contributed by atoms with Crippen LogP contribution in [0.15, 0.2) is 0 Å². The summed E-state index contributed by atoms with van der Waals surface area (Å²) in [6, 6.07) is 0. The Morgan fingerprint density at radius 2 is 1.69 bits per heavy atom. The van der Waals surface area contributed by atoms with E-state index in [2.05, 4.69) is 0 Å². The van der Waals surface area contributed by atoms with Gasteiger partial charge in [0.2, 0.25) is 5.91 Å². The first-order chi connectivity index (χ1) is 6.17. The molecule has 4 heteroatoms. The van der Waals surface area contributed by atoms with Crippen LogP contribution in [-0.4, -0.2) is 35.0 Å². The van der Waals surface area contributed by atoms with Crippen LogP contribution in [0.3, 0.4) is 0 Å². The molecule has 0 bridgehead atoms. The topological polar surface area (TPSA) is 57.6 Å². The van der Waals surface area contributed by atoms with Crippen molar-refractivity contribution in [2.24, 2.45) is 5.41 Å². The number of hydrogen-bond donors (Lipinski definition) is 1. The first kappa shape index (κ1) is 8.53. The van der Waals surface area contributed by atoms with Gasteiger partial charge in [0.05, 0.1) is 0 Å². The van der Waals surface area contributed by atoms with Gasteiger partial charge in [-0.05, 0) is 25.7 Å². The summed E-state index contributed by atoms with van der Waals surface area (Å²) in [6.45, 7) is 1.49. The van der Waals surface area contributed by atoms with Gasteiger partial charge in [-0.3, -0.25) is 9.59 Å². The van der Waals surface area contributed by atoms with Gasteiger partial charge in [0.25, 0.3) is 0 Å². The van der Waals surface area contributed by atoms with E-state index in [-0.39, 0.29) is 5.91 Å². The molecule has 0 atom stereocenters. The minimum absolute atomic E-state index is 0.155. The molecule has 2 fully saturated rings. The van der Waals surface area contributed by atoms with Gasteiger partial charge in [-0.1, -0.05) is 0 Å². The summed E-state index contributed by atoms with van der Waals surface area (Å²) in [5, 5.41) is 8.89. The molecule has 0 aromatic rings. The van der Waals surface area contributed by atoms with Crippen molar-refractivity contribution in [1.82, 2.24) is 4.90 Å². The summed E-state index contributed by atoms with van der Waals surface area (Å²) in [5.41, 5.74) is -1.02. The highest BCUT2D eigenvalue weighted by molar-refractivity contribution is 6.04. The molecule has 1 saturated carbocycles. The maximum Gasteiger partial charge on any atom is 0.319 e. The fraction of sp³-hybridized carbons (Fsp3) is 0.778. The molecule has 72 valence electrons. The molecule has 2 rings (SSSR count). The molecular formula is C9H13NO3. The van der Waals surface area contributed by atoms with Crippen molar-refractivity contribution in [2.45, 2.75) is 25.7 Å². The van der Waals surface area contributed by atoms with Gasteiger partial charge >= 0.3 is 5.97 Å². The predicted molar refractivity (Wildman–Crippen MR) is 45.1 cm³/mol. The van der Waals surface area contributed by atoms with Crippen molar-refractivity contribution in [3.8, 4) is 0 Å². The van der Waals surface area contributed by atoms with E-state index in [1.807, 2.05) is 0 Å². The van der Waals surface area contributed by atoms with Gasteiger partial charge in [-0.2, -0.15) is 0 Å². The number of carboxylic acid groups (broad SMARTS) is 1. The lowest BCUT2D eigenvalue weighted by molar-refractivity contribution is -0.152. The first-order valence-corrected chi connectivity index (χ1v) is 4.70. The van der Waals surface area contributed by atoms with Crippen molar-refractivity contribution in [3.05, 3.63) is 0 Å². The fourth-order valence-electron chi connectivity index (χ4n) is 1.87. The van der Waals surface area contributed by atoms with E-state index in [9.17, 15) is 9.59 Å². The highest BCUT2D eigenvalue weighted by atomic mass is 16.4. The molecule has 1 N–H and O–H groups in total.